The predicted molar refractivity (Wildman–Crippen MR) is 84.2 cm³/mol. The summed E-state index contributed by atoms with van der Waals surface area (Å²) >= 11 is 3.54. The molecule has 2 atom stereocenters. The van der Waals surface area contributed by atoms with Crippen molar-refractivity contribution in [2.24, 2.45) is 5.41 Å². The summed E-state index contributed by atoms with van der Waals surface area (Å²) in [6.45, 7) is 4.38. The van der Waals surface area contributed by atoms with E-state index in [1.807, 2.05) is 6.07 Å². The monoisotopic (exact) mass is 338 g/mol. The van der Waals surface area contributed by atoms with Crippen molar-refractivity contribution in [1.82, 2.24) is 0 Å². The van der Waals surface area contributed by atoms with Crippen LogP contribution in [0.4, 0.5) is 0 Å². The molecule has 110 valence electrons. The molecule has 1 aromatic carbocycles. The Balaban J connectivity index is 1.82. The van der Waals surface area contributed by atoms with Crippen molar-refractivity contribution < 1.29 is 9.84 Å². The molecular weight excluding hydrogens is 316 g/mol. The molecule has 0 aliphatic heterocycles. The number of benzene rings is 1. The molecule has 2 nitrogen and oxygen atoms in total. The second-order valence-corrected chi connectivity index (χ2v) is 7.55. The van der Waals surface area contributed by atoms with E-state index in [9.17, 15) is 5.11 Å². The van der Waals surface area contributed by atoms with Crippen molar-refractivity contribution in [2.75, 3.05) is 0 Å². The van der Waals surface area contributed by atoms with E-state index in [0.29, 0.717) is 5.92 Å². The molecule has 2 unspecified atom stereocenters. The van der Waals surface area contributed by atoms with Gasteiger partial charge >= 0.3 is 0 Å². The minimum atomic E-state index is -0.159. The van der Waals surface area contributed by atoms with E-state index in [2.05, 4.69) is 41.9 Å². The van der Waals surface area contributed by atoms with E-state index in [1.54, 1.807) is 0 Å². The lowest BCUT2D eigenvalue weighted by molar-refractivity contribution is -0.152. The fraction of sp³-hybridized carbons (Fsp3) is 0.647. The molecule has 0 radical (unpaired) electrons. The van der Waals surface area contributed by atoms with Crippen LogP contribution in [0, 0.1) is 5.41 Å². The SMILES string of the molecule is CC(C)c1cc(Br)ccc1OC1CC(O)C12CCCC2. The van der Waals surface area contributed by atoms with Gasteiger partial charge in [-0.15, -0.1) is 0 Å². The molecule has 2 aliphatic carbocycles. The Morgan fingerprint density at radius 3 is 2.60 bits per heavy atom. The predicted octanol–water partition coefficient (Wildman–Crippen LogP) is 4.64. The maximum absolute atomic E-state index is 10.2. The van der Waals surface area contributed by atoms with Crippen molar-refractivity contribution in [3.63, 3.8) is 0 Å². The first-order valence-electron chi connectivity index (χ1n) is 7.67. The van der Waals surface area contributed by atoms with Crippen LogP contribution in [0.1, 0.15) is 57.4 Å². The van der Waals surface area contributed by atoms with Gasteiger partial charge in [0.2, 0.25) is 0 Å². The molecule has 0 bridgehead atoms. The summed E-state index contributed by atoms with van der Waals surface area (Å²) in [5.41, 5.74) is 1.29. The molecule has 0 heterocycles. The number of hydrogen-bond donors (Lipinski definition) is 1. The molecule has 1 N–H and O–H groups in total. The second kappa shape index (κ2) is 5.34. The van der Waals surface area contributed by atoms with Gasteiger partial charge in [-0.3, -0.25) is 0 Å². The minimum absolute atomic E-state index is 0.0430. The zero-order valence-electron chi connectivity index (χ0n) is 12.2. The molecule has 0 aromatic heterocycles. The van der Waals surface area contributed by atoms with E-state index in [-0.39, 0.29) is 17.6 Å². The third kappa shape index (κ3) is 2.29. The number of halogens is 1. The Kier molecular flexibility index (Phi) is 3.85. The number of ether oxygens (including phenoxy) is 1. The molecular formula is C17H23BrO2. The van der Waals surface area contributed by atoms with Crippen LogP contribution in [0.25, 0.3) is 0 Å². The van der Waals surface area contributed by atoms with Gasteiger partial charge in [0.1, 0.15) is 11.9 Å². The van der Waals surface area contributed by atoms with Crippen LogP contribution in [-0.4, -0.2) is 17.3 Å². The van der Waals surface area contributed by atoms with Crippen LogP contribution >= 0.6 is 15.9 Å². The first-order chi connectivity index (χ1) is 9.53. The molecule has 2 aliphatic rings. The molecule has 0 amide bonds. The lowest BCUT2D eigenvalue weighted by Gasteiger charge is -2.51. The van der Waals surface area contributed by atoms with Crippen LogP contribution in [0.3, 0.4) is 0 Å². The molecule has 2 fully saturated rings. The summed E-state index contributed by atoms with van der Waals surface area (Å²) < 4.78 is 7.42. The third-order valence-corrected chi connectivity index (χ3v) is 5.63. The Morgan fingerprint density at radius 2 is 2.00 bits per heavy atom. The van der Waals surface area contributed by atoms with E-state index in [1.165, 1.54) is 18.4 Å². The number of aliphatic hydroxyl groups is 1. The van der Waals surface area contributed by atoms with Gasteiger partial charge in [-0.05, 0) is 42.5 Å². The van der Waals surface area contributed by atoms with E-state index in [0.717, 1.165) is 29.5 Å². The molecule has 1 aromatic rings. The van der Waals surface area contributed by atoms with Crippen molar-refractivity contribution >= 4 is 15.9 Å². The highest BCUT2D eigenvalue weighted by Crippen LogP contribution is 2.55. The fourth-order valence-corrected chi connectivity index (χ4v) is 4.19. The molecule has 3 heteroatoms. The topological polar surface area (TPSA) is 29.5 Å². The highest BCUT2D eigenvalue weighted by Gasteiger charge is 2.57. The quantitative estimate of drug-likeness (QED) is 0.869. The van der Waals surface area contributed by atoms with Gasteiger partial charge in [0.15, 0.2) is 0 Å². The van der Waals surface area contributed by atoms with Gasteiger partial charge in [-0.25, -0.2) is 0 Å². The smallest absolute Gasteiger partial charge is 0.123 e. The Labute approximate surface area is 129 Å². The third-order valence-electron chi connectivity index (χ3n) is 5.14. The van der Waals surface area contributed by atoms with E-state index >= 15 is 0 Å². The lowest BCUT2D eigenvalue weighted by atomic mass is 9.62. The highest BCUT2D eigenvalue weighted by molar-refractivity contribution is 9.10. The number of hydrogen-bond acceptors (Lipinski definition) is 2. The van der Waals surface area contributed by atoms with E-state index in [4.69, 9.17) is 4.74 Å². The maximum Gasteiger partial charge on any atom is 0.123 e. The molecule has 1 spiro atoms. The zero-order chi connectivity index (χ0) is 14.3. The molecule has 0 saturated heterocycles. The van der Waals surface area contributed by atoms with Crippen molar-refractivity contribution in [3.8, 4) is 5.75 Å². The fourth-order valence-electron chi connectivity index (χ4n) is 3.81. The maximum atomic E-state index is 10.2. The van der Waals surface area contributed by atoms with Gasteiger partial charge in [-0.1, -0.05) is 42.6 Å². The van der Waals surface area contributed by atoms with Gasteiger partial charge in [0.05, 0.1) is 6.10 Å². The Morgan fingerprint density at radius 1 is 1.30 bits per heavy atom. The van der Waals surface area contributed by atoms with Gasteiger partial charge < -0.3 is 9.84 Å². The summed E-state index contributed by atoms with van der Waals surface area (Å²) in [7, 11) is 0. The highest BCUT2D eigenvalue weighted by atomic mass is 79.9. The van der Waals surface area contributed by atoms with Crippen LogP contribution < -0.4 is 4.74 Å². The van der Waals surface area contributed by atoms with Crippen LogP contribution in [0.5, 0.6) is 5.75 Å². The lowest BCUT2D eigenvalue weighted by Crippen LogP contribution is -2.58. The van der Waals surface area contributed by atoms with Crippen LogP contribution in [0.15, 0.2) is 22.7 Å². The second-order valence-electron chi connectivity index (χ2n) is 6.64. The first-order valence-corrected chi connectivity index (χ1v) is 8.46. The van der Waals surface area contributed by atoms with Crippen LogP contribution in [-0.2, 0) is 0 Å². The van der Waals surface area contributed by atoms with Gasteiger partial charge in [-0.2, -0.15) is 0 Å². The summed E-state index contributed by atoms with van der Waals surface area (Å²) in [4.78, 5) is 0. The standard InChI is InChI=1S/C17H23BrO2/c1-11(2)13-9-12(18)5-6-14(13)20-16-10-15(19)17(16)7-3-4-8-17/h5-6,9,11,15-16,19H,3-4,7-8,10H2,1-2H3. The minimum Gasteiger partial charge on any atom is -0.489 e. The van der Waals surface area contributed by atoms with Gasteiger partial charge in [0.25, 0.3) is 0 Å². The largest absolute Gasteiger partial charge is 0.489 e. The van der Waals surface area contributed by atoms with Crippen molar-refractivity contribution in [2.45, 2.75) is 64.1 Å². The molecule has 3 rings (SSSR count). The molecule has 2 saturated carbocycles. The number of aliphatic hydroxyl groups excluding tert-OH is 1. The van der Waals surface area contributed by atoms with Crippen molar-refractivity contribution in [3.05, 3.63) is 28.2 Å². The van der Waals surface area contributed by atoms with Gasteiger partial charge in [0, 0.05) is 16.3 Å². The molecule has 20 heavy (non-hydrogen) atoms. The summed E-state index contributed by atoms with van der Waals surface area (Å²) in [6.07, 6.45) is 5.51. The Bertz CT molecular complexity index is 492. The average molecular weight is 339 g/mol. The first kappa shape index (κ1) is 14.4. The summed E-state index contributed by atoms with van der Waals surface area (Å²) in [5.74, 6) is 1.43. The van der Waals surface area contributed by atoms with Crippen molar-refractivity contribution in [1.29, 1.82) is 0 Å². The summed E-state index contributed by atoms with van der Waals surface area (Å²) in [5, 5.41) is 10.2. The number of rotatable bonds is 3. The van der Waals surface area contributed by atoms with Crippen LogP contribution in [0.2, 0.25) is 0 Å². The Hall–Kier alpha value is -0.540. The normalized spacial score (nSPS) is 27.9. The zero-order valence-corrected chi connectivity index (χ0v) is 13.8. The summed E-state index contributed by atoms with van der Waals surface area (Å²) in [6, 6.07) is 6.25. The average Bonchev–Trinajstić information content (AvgIpc) is 2.92. The van der Waals surface area contributed by atoms with E-state index < -0.39 is 0 Å².